The molecule has 3 aromatic carbocycles. The lowest BCUT2D eigenvalue weighted by Crippen LogP contribution is -2.45. The summed E-state index contributed by atoms with van der Waals surface area (Å²) in [4.78, 5) is 30.7. The highest BCUT2D eigenvalue weighted by Crippen LogP contribution is 2.58. The number of alkyl halides is 1. The number of carbonyl (C=O) groups excluding carboxylic acids is 2. The summed E-state index contributed by atoms with van der Waals surface area (Å²) in [5.41, 5.74) is 1.47. The van der Waals surface area contributed by atoms with Crippen molar-refractivity contribution in [1.29, 1.82) is 0 Å². The first-order valence-corrected chi connectivity index (χ1v) is 16.9. The number of hydrogen-bond donors (Lipinski definition) is 1. The molecule has 0 aliphatic carbocycles. The van der Waals surface area contributed by atoms with Gasteiger partial charge >= 0.3 is 0 Å². The molecule has 250 valence electrons. The smallest absolute Gasteiger partial charge is 0.264 e. The monoisotopic (exact) mass is 651 g/mol. The van der Waals surface area contributed by atoms with Gasteiger partial charge in [0, 0.05) is 42.6 Å². The third-order valence-corrected chi connectivity index (χ3v) is 10.4. The third kappa shape index (κ3) is 5.60. The molecule has 9 nitrogen and oxygen atoms in total. The lowest BCUT2D eigenvalue weighted by molar-refractivity contribution is -0.146. The summed E-state index contributed by atoms with van der Waals surface area (Å²) in [6.07, 6.45) is 3.09. The van der Waals surface area contributed by atoms with Gasteiger partial charge in [0.25, 0.3) is 5.91 Å². The van der Waals surface area contributed by atoms with E-state index in [0.717, 1.165) is 47.5 Å². The van der Waals surface area contributed by atoms with Gasteiger partial charge in [-0.25, -0.2) is 4.39 Å². The lowest BCUT2D eigenvalue weighted by Gasteiger charge is -2.32. The molecule has 1 spiro atoms. The zero-order valence-corrected chi connectivity index (χ0v) is 27.6. The highest BCUT2D eigenvalue weighted by molar-refractivity contribution is 6.07. The van der Waals surface area contributed by atoms with Crippen LogP contribution in [0.3, 0.4) is 0 Å². The largest absolute Gasteiger partial charge is 0.382 e. The predicted molar refractivity (Wildman–Crippen MR) is 180 cm³/mol. The van der Waals surface area contributed by atoms with Crippen LogP contribution in [0.4, 0.5) is 15.8 Å². The minimum Gasteiger partial charge on any atom is -0.382 e. The molecule has 0 saturated carbocycles. The zero-order valence-electron chi connectivity index (χ0n) is 27.6. The van der Waals surface area contributed by atoms with Crippen molar-refractivity contribution in [2.45, 2.75) is 83.0 Å². The molecule has 1 N–H and O–H groups in total. The summed E-state index contributed by atoms with van der Waals surface area (Å²) < 4.78 is 24.6. The average molecular weight is 652 g/mol. The molecular formula is C38H42FN5O4. The van der Waals surface area contributed by atoms with Gasteiger partial charge in [-0.15, -0.1) is 5.10 Å². The first kappa shape index (κ1) is 32.2. The Morgan fingerprint density at radius 1 is 1.02 bits per heavy atom. The van der Waals surface area contributed by atoms with Gasteiger partial charge in [-0.3, -0.25) is 14.3 Å². The van der Waals surface area contributed by atoms with E-state index in [9.17, 15) is 14.7 Å². The van der Waals surface area contributed by atoms with E-state index in [0.29, 0.717) is 31.6 Å². The first-order chi connectivity index (χ1) is 23.1. The van der Waals surface area contributed by atoms with Crippen LogP contribution < -0.4 is 9.80 Å². The Labute approximate surface area is 280 Å². The molecule has 0 bridgehead atoms. The first-order valence-electron chi connectivity index (χ1n) is 16.9. The Morgan fingerprint density at radius 2 is 1.75 bits per heavy atom. The van der Waals surface area contributed by atoms with Crippen molar-refractivity contribution in [3.8, 4) is 0 Å². The summed E-state index contributed by atoms with van der Waals surface area (Å²) in [5, 5.41) is 19.2. The van der Waals surface area contributed by atoms with E-state index in [2.05, 4.69) is 10.3 Å². The quantitative estimate of drug-likeness (QED) is 0.235. The molecule has 3 aliphatic heterocycles. The van der Waals surface area contributed by atoms with E-state index in [-0.39, 0.29) is 11.8 Å². The van der Waals surface area contributed by atoms with Crippen LogP contribution in [-0.2, 0) is 33.0 Å². The number of hydrogen-bond acceptors (Lipinski definition) is 6. The summed E-state index contributed by atoms with van der Waals surface area (Å²) >= 11 is 0. The second kappa shape index (κ2) is 12.6. The summed E-state index contributed by atoms with van der Waals surface area (Å²) in [6.45, 7) is 6.46. The van der Waals surface area contributed by atoms with E-state index in [1.165, 1.54) is 0 Å². The number of amides is 2. The topological polar surface area (TPSA) is 101 Å². The molecular weight excluding hydrogens is 609 g/mol. The van der Waals surface area contributed by atoms with Crippen molar-refractivity contribution >= 4 is 23.2 Å². The molecule has 4 aromatic rings. The highest BCUT2D eigenvalue weighted by Gasteiger charge is 2.66. The maximum Gasteiger partial charge on any atom is 0.264 e. The number of aromatic nitrogens is 3. The Morgan fingerprint density at radius 3 is 2.48 bits per heavy atom. The van der Waals surface area contributed by atoms with Crippen LogP contribution in [-0.4, -0.2) is 50.2 Å². The highest BCUT2D eigenvalue weighted by atomic mass is 19.1. The molecule has 2 fully saturated rings. The lowest BCUT2D eigenvalue weighted by atomic mass is 9.71. The Hall–Kier alpha value is -4.41. The standard InChI is InChI=1S/C38H42FN5O4/c1-25-34(37(2,3)39)32(20-22-42-24-30(40-41-42)35(46)27-11-5-4-6-12-27)48-38(25)29-13-7-8-14-31(29)44(36(38)47)23-26-16-18-28(19-17-26)43-21-10-9-15-33(43)45/h4-8,11-14,16-19,24-25,32,34-35,46H,9-10,15,20-23H2,1-3H3/t25-,32+,34-,35+,38+/m0/s1. The van der Waals surface area contributed by atoms with Gasteiger partial charge < -0.3 is 19.6 Å². The molecule has 4 heterocycles. The van der Waals surface area contributed by atoms with Gasteiger partial charge in [0.1, 0.15) is 17.5 Å². The van der Waals surface area contributed by atoms with Crippen molar-refractivity contribution in [2.75, 3.05) is 16.3 Å². The van der Waals surface area contributed by atoms with E-state index < -0.39 is 35.3 Å². The van der Waals surface area contributed by atoms with Gasteiger partial charge in [-0.1, -0.05) is 72.8 Å². The SMILES string of the molecule is C[C@H]1[C@H](C(C)(C)F)[C@@H](CCn2cc([C@H](O)c3ccccc3)nn2)O[C@]12C(=O)N(Cc1ccc(N3CCCCC3=O)cc1)c1ccccc12. The number of piperidine rings is 1. The molecule has 2 saturated heterocycles. The normalized spacial score (nSPS) is 24.8. The summed E-state index contributed by atoms with van der Waals surface area (Å²) in [5.74, 6) is -1.09. The Balaban J connectivity index is 1.13. The fourth-order valence-corrected chi connectivity index (χ4v) is 8.08. The number of nitrogens with zero attached hydrogens (tertiary/aromatic N) is 5. The molecule has 48 heavy (non-hydrogen) atoms. The average Bonchev–Trinajstić information content (AvgIpc) is 3.75. The third-order valence-electron chi connectivity index (χ3n) is 10.4. The Bertz CT molecular complexity index is 1790. The molecule has 1 aromatic heterocycles. The number of benzene rings is 3. The van der Waals surface area contributed by atoms with Gasteiger partial charge in [0.2, 0.25) is 5.91 Å². The zero-order chi connectivity index (χ0) is 33.6. The number of para-hydroxylation sites is 1. The summed E-state index contributed by atoms with van der Waals surface area (Å²) in [7, 11) is 0. The fraction of sp³-hybridized carbons (Fsp3) is 0.421. The molecule has 10 heteroatoms. The van der Waals surface area contributed by atoms with Crippen molar-refractivity contribution < 1.29 is 23.8 Å². The van der Waals surface area contributed by atoms with Crippen molar-refractivity contribution in [3.05, 3.63) is 107 Å². The van der Waals surface area contributed by atoms with Crippen LogP contribution in [0.15, 0.2) is 85.1 Å². The minimum atomic E-state index is -1.63. The van der Waals surface area contributed by atoms with Crippen LogP contribution in [0.1, 0.15) is 74.9 Å². The van der Waals surface area contributed by atoms with Crippen LogP contribution in [0.2, 0.25) is 0 Å². The number of aliphatic hydroxyl groups excluding tert-OH is 1. The van der Waals surface area contributed by atoms with E-state index in [1.807, 2.05) is 90.7 Å². The second-order valence-electron chi connectivity index (χ2n) is 13.9. The van der Waals surface area contributed by atoms with Gasteiger partial charge in [-0.2, -0.15) is 0 Å². The number of halogens is 1. The number of fused-ring (bicyclic) bond motifs is 2. The molecule has 3 aliphatic rings. The molecule has 2 amide bonds. The number of ether oxygens (including phenoxy) is 1. The van der Waals surface area contributed by atoms with Crippen molar-refractivity contribution in [1.82, 2.24) is 15.0 Å². The van der Waals surface area contributed by atoms with Gasteiger partial charge in [0.05, 0.1) is 24.5 Å². The van der Waals surface area contributed by atoms with Crippen LogP contribution in [0.5, 0.6) is 0 Å². The number of rotatable bonds is 9. The van der Waals surface area contributed by atoms with E-state index >= 15 is 4.39 Å². The Kier molecular flexibility index (Phi) is 8.41. The second-order valence-corrected chi connectivity index (χ2v) is 13.9. The fourth-order valence-electron chi connectivity index (χ4n) is 8.08. The molecule has 0 unspecified atom stereocenters. The van der Waals surface area contributed by atoms with Crippen molar-refractivity contribution in [2.24, 2.45) is 11.8 Å². The summed E-state index contributed by atoms with van der Waals surface area (Å²) in [6, 6.07) is 24.7. The number of anilines is 2. The van der Waals surface area contributed by atoms with E-state index in [4.69, 9.17) is 4.74 Å². The molecule has 7 rings (SSSR count). The van der Waals surface area contributed by atoms with Gasteiger partial charge in [-0.05, 0) is 62.4 Å². The molecule has 0 radical (unpaired) electrons. The van der Waals surface area contributed by atoms with Crippen LogP contribution in [0, 0.1) is 11.8 Å². The van der Waals surface area contributed by atoms with Crippen LogP contribution in [0.25, 0.3) is 0 Å². The maximum atomic E-state index is 16.1. The number of aryl methyl sites for hydroxylation is 1. The van der Waals surface area contributed by atoms with Crippen molar-refractivity contribution in [3.63, 3.8) is 0 Å². The maximum absolute atomic E-state index is 16.1. The molecule has 5 atom stereocenters. The van der Waals surface area contributed by atoms with Gasteiger partial charge in [0.15, 0.2) is 5.60 Å². The number of aliphatic hydroxyl groups is 1. The minimum absolute atomic E-state index is 0.140. The predicted octanol–water partition coefficient (Wildman–Crippen LogP) is 6.11. The van der Waals surface area contributed by atoms with Crippen LogP contribution >= 0.6 is 0 Å². The van der Waals surface area contributed by atoms with E-state index in [1.54, 1.807) is 29.6 Å². The number of carbonyl (C=O) groups is 2.